The molecular weight excluding hydrogens is 220 g/mol. The van der Waals surface area contributed by atoms with Crippen LogP contribution in [0.2, 0.25) is 0 Å². The third-order valence-electron chi connectivity index (χ3n) is 5.17. The van der Waals surface area contributed by atoms with E-state index in [4.69, 9.17) is 5.73 Å². The number of rotatable bonds is 7. The first-order chi connectivity index (χ1) is 8.86. The predicted molar refractivity (Wildman–Crippen MR) is 78.7 cm³/mol. The molecule has 18 heavy (non-hydrogen) atoms. The minimum Gasteiger partial charge on any atom is -0.329 e. The molecule has 1 heterocycles. The predicted octanol–water partition coefficient (Wildman–Crippen LogP) is 3.55. The van der Waals surface area contributed by atoms with Gasteiger partial charge in [0.25, 0.3) is 0 Å². The van der Waals surface area contributed by atoms with Gasteiger partial charge in [-0.3, -0.25) is 4.90 Å². The Balaban J connectivity index is 1.86. The summed E-state index contributed by atoms with van der Waals surface area (Å²) in [7, 11) is 0. The van der Waals surface area contributed by atoms with E-state index in [9.17, 15) is 0 Å². The average Bonchev–Trinajstić information content (AvgIpc) is 3.04. The molecule has 0 aromatic rings. The number of nitrogens with two attached hydrogens (primary N) is 1. The van der Waals surface area contributed by atoms with Crippen LogP contribution in [0.5, 0.6) is 0 Å². The van der Waals surface area contributed by atoms with Crippen molar-refractivity contribution in [3.8, 4) is 0 Å². The van der Waals surface area contributed by atoms with Gasteiger partial charge < -0.3 is 5.73 Å². The minimum atomic E-state index is 0.671. The molecule has 0 aromatic heterocycles. The molecule has 1 saturated carbocycles. The summed E-state index contributed by atoms with van der Waals surface area (Å²) in [5.41, 5.74) is 6.05. The maximum absolute atomic E-state index is 6.05. The molecule has 2 rings (SSSR count). The zero-order valence-electron chi connectivity index (χ0n) is 12.2. The summed E-state index contributed by atoms with van der Waals surface area (Å²) >= 11 is 0. The van der Waals surface area contributed by atoms with E-state index < -0.39 is 0 Å². The molecule has 2 unspecified atom stereocenters. The molecule has 0 spiro atoms. The molecule has 0 radical (unpaired) electrons. The maximum Gasteiger partial charge on any atom is 0.0221 e. The van der Waals surface area contributed by atoms with Gasteiger partial charge in [0.05, 0.1) is 0 Å². The van der Waals surface area contributed by atoms with E-state index in [2.05, 4.69) is 11.8 Å². The van der Waals surface area contributed by atoms with Crippen molar-refractivity contribution in [1.29, 1.82) is 0 Å². The summed E-state index contributed by atoms with van der Waals surface area (Å²) in [6.07, 6.45) is 14.1. The van der Waals surface area contributed by atoms with Gasteiger partial charge in [0.1, 0.15) is 0 Å². The van der Waals surface area contributed by atoms with Crippen LogP contribution in [-0.2, 0) is 0 Å². The molecule has 0 bridgehead atoms. The van der Waals surface area contributed by atoms with Crippen LogP contribution in [0.25, 0.3) is 0 Å². The second-order valence-electron chi connectivity index (χ2n) is 6.38. The molecule has 2 nitrogen and oxygen atoms in total. The molecular formula is C16H32N2. The van der Waals surface area contributed by atoms with Crippen molar-refractivity contribution < 1.29 is 0 Å². The summed E-state index contributed by atoms with van der Waals surface area (Å²) in [5, 5.41) is 0. The van der Waals surface area contributed by atoms with Crippen LogP contribution in [0.1, 0.15) is 71.1 Å². The van der Waals surface area contributed by atoms with Gasteiger partial charge in [-0.1, -0.05) is 39.0 Å². The van der Waals surface area contributed by atoms with Crippen LogP contribution in [0, 0.1) is 5.92 Å². The van der Waals surface area contributed by atoms with Crippen molar-refractivity contribution in [2.24, 2.45) is 11.7 Å². The van der Waals surface area contributed by atoms with Gasteiger partial charge in [-0.15, -0.1) is 0 Å². The highest BCUT2D eigenvalue weighted by Crippen LogP contribution is 2.36. The number of nitrogens with zero attached hydrogens (tertiary/aromatic N) is 1. The SMILES string of the molecule is CCCCCC(CN)N1CCCC1C1CCCC1. The zero-order valence-corrected chi connectivity index (χ0v) is 12.2. The molecule has 1 aliphatic heterocycles. The second kappa shape index (κ2) is 7.49. The Morgan fingerprint density at radius 2 is 1.89 bits per heavy atom. The quantitative estimate of drug-likeness (QED) is 0.702. The highest BCUT2D eigenvalue weighted by Gasteiger charge is 2.35. The summed E-state index contributed by atoms with van der Waals surface area (Å²) in [4.78, 5) is 2.80. The fraction of sp³-hybridized carbons (Fsp3) is 1.00. The van der Waals surface area contributed by atoms with Crippen molar-refractivity contribution in [1.82, 2.24) is 4.90 Å². The Bertz CT molecular complexity index is 223. The molecule has 0 amide bonds. The van der Waals surface area contributed by atoms with Gasteiger partial charge in [-0.05, 0) is 44.6 Å². The van der Waals surface area contributed by atoms with E-state index in [-0.39, 0.29) is 0 Å². The van der Waals surface area contributed by atoms with Crippen molar-refractivity contribution >= 4 is 0 Å². The summed E-state index contributed by atoms with van der Waals surface area (Å²) in [5.74, 6) is 0.993. The standard InChI is InChI=1S/C16H32N2/c1-2-3-4-10-15(13-17)18-12-7-11-16(18)14-8-5-6-9-14/h14-16H,2-13,17H2,1H3. The molecule has 1 saturated heterocycles. The molecule has 2 fully saturated rings. The Kier molecular flexibility index (Phi) is 5.97. The number of hydrogen-bond acceptors (Lipinski definition) is 2. The first-order valence-electron chi connectivity index (χ1n) is 8.32. The van der Waals surface area contributed by atoms with Crippen molar-refractivity contribution in [3.05, 3.63) is 0 Å². The van der Waals surface area contributed by atoms with Gasteiger partial charge in [-0.2, -0.15) is 0 Å². The highest BCUT2D eigenvalue weighted by molar-refractivity contribution is 4.91. The molecule has 2 N–H and O–H groups in total. The van der Waals surface area contributed by atoms with Crippen LogP contribution < -0.4 is 5.73 Å². The monoisotopic (exact) mass is 252 g/mol. The van der Waals surface area contributed by atoms with E-state index in [1.165, 1.54) is 70.8 Å². The van der Waals surface area contributed by atoms with Gasteiger partial charge in [0, 0.05) is 18.6 Å². The van der Waals surface area contributed by atoms with Gasteiger partial charge in [0.15, 0.2) is 0 Å². The molecule has 2 aliphatic rings. The third kappa shape index (κ3) is 3.48. The lowest BCUT2D eigenvalue weighted by atomic mass is 9.94. The number of hydrogen-bond donors (Lipinski definition) is 1. The van der Waals surface area contributed by atoms with E-state index in [1.807, 2.05) is 0 Å². The van der Waals surface area contributed by atoms with Crippen molar-refractivity contribution in [2.45, 2.75) is 83.2 Å². The second-order valence-corrected chi connectivity index (χ2v) is 6.38. The lowest BCUT2D eigenvalue weighted by Crippen LogP contribution is -2.46. The Morgan fingerprint density at radius 3 is 2.56 bits per heavy atom. The Labute approximate surface area is 113 Å². The van der Waals surface area contributed by atoms with E-state index >= 15 is 0 Å². The lowest BCUT2D eigenvalue weighted by molar-refractivity contribution is 0.130. The smallest absolute Gasteiger partial charge is 0.0221 e. The summed E-state index contributed by atoms with van der Waals surface area (Å²) in [6.45, 7) is 4.47. The van der Waals surface area contributed by atoms with Gasteiger partial charge in [-0.25, -0.2) is 0 Å². The van der Waals surface area contributed by atoms with Crippen LogP contribution in [0.15, 0.2) is 0 Å². The lowest BCUT2D eigenvalue weighted by Gasteiger charge is -2.35. The van der Waals surface area contributed by atoms with Gasteiger partial charge in [0.2, 0.25) is 0 Å². The fourth-order valence-electron chi connectivity index (χ4n) is 4.17. The fourth-order valence-corrected chi connectivity index (χ4v) is 4.17. The van der Waals surface area contributed by atoms with E-state index in [0.717, 1.165) is 18.5 Å². The van der Waals surface area contributed by atoms with E-state index in [1.54, 1.807) is 0 Å². The Morgan fingerprint density at radius 1 is 1.11 bits per heavy atom. The van der Waals surface area contributed by atoms with Crippen LogP contribution >= 0.6 is 0 Å². The largest absolute Gasteiger partial charge is 0.329 e. The zero-order chi connectivity index (χ0) is 12.8. The van der Waals surface area contributed by atoms with Crippen molar-refractivity contribution in [2.75, 3.05) is 13.1 Å². The summed E-state index contributed by atoms with van der Waals surface area (Å²) in [6, 6.07) is 1.55. The molecule has 0 aromatic carbocycles. The van der Waals surface area contributed by atoms with Gasteiger partial charge >= 0.3 is 0 Å². The van der Waals surface area contributed by atoms with Crippen LogP contribution in [0.4, 0.5) is 0 Å². The highest BCUT2D eigenvalue weighted by atomic mass is 15.2. The molecule has 2 heteroatoms. The summed E-state index contributed by atoms with van der Waals surface area (Å²) < 4.78 is 0. The molecule has 1 aliphatic carbocycles. The first kappa shape index (κ1) is 14.3. The normalized spacial score (nSPS) is 28.0. The van der Waals surface area contributed by atoms with E-state index in [0.29, 0.717) is 6.04 Å². The molecule has 2 atom stereocenters. The Hall–Kier alpha value is -0.0800. The molecule has 106 valence electrons. The minimum absolute atomic E-state index is 0.671. The topological polar surface area (TPSA) is 29.3 Å². The van der Waals surface area contributed by atoms with Crippen LogP contribution in [-0.4, -0.2) is 30.1 Å². The average molecular weight is 252 g/mol. The number of likely N-dealkylation sites (tertiary alicyclic amines) is 1. The number of unbranched alkanes of at least 4 members (excludes halogenated alkanes) is 2. The maximum atomic E-state index is 6.05. The third-order valence-corrected chi connectivity index (χ3v) is 5.17. The van der Waals surface area contributed by atoms with Crippen molar-refractivity contribution in [3.63, 3.8) is 0 Å². The van der Waals surface area contributed by atoms with Crippen LogP contribution in [0.3, 0.4) is 0 Å². The first-order valence-corrected chi connectivity index (χ1v) is 8.32.